The Bertz CT molecular complexity index is 351. The van der Waals surface area contributed by atoms with Gasteiger partial charge < -0.3 is 0 Å². The van der Waals surface area contributed by atoms with E-state index in [1.165, 1.54) is 16.0 Å². The molecule has 0 saturated heterocycles. The molecule has 0 N–H and O–H groups in total. The van der Waals surface area contributed by atoms with Gasteiger partial charge in [0.25, 0.3) is 0 Å². The number of hydrogen-bond acceptors (Lipinski definition) is 2. The lowest BCUT2D eigenvalue weighted by Gasteiger charge is -2.24. The Hall–Kier alpha value is -0.940. The first-order valence-electron chi connectivity index (χ1n) is 3.91. The molecule has 1 atom stereocenters. The van der Waals surface area contributed by atoms with Crippen LogP contribution in [-0.2, 0) is 6.42 Å². The zero-order chi connectivity index (χ0) is 8.55. The lowest BCUT2D eigenvalue weighted by atomic mass is 9.79. The summed E-state index contributed by atoms with van der Waals surface area (Å²) in [6.45, 7) is 0. The number of nitriles is 1. The zero-order valence-electron chi connectivity index (χ0n) is 6.87. The van der Waals surface area contributed by atoms with Crippen LogP contribution in [0.3, 0.4) is 0 Å². The van der Waals surface area contributed by atoms with Gasteiger partial charge in [0, 0.05) is 4.90 Å². The Kier molecular flexibility index (Phi) is 1.82. The summed E-state index contributed by atoms with van der Waals surface area (Å²) >= 11 is 1.75. The summed E-state index contributed by atoms with van der Waals surface area (Å²) in [4.78, 5) is 1.30. The monoisotopic (exact) mass is 175 g/mol. The van der Waals surface area contributed by atoms with Crippen molar-refractivity contribution in [2.24, 2.45) is 0 Å². The summed E-state index contributed by atoms with van der Waals surface area (Å²) < 4.78 is 0. The molecule has 0 fully saturated rings. The van der Waals surface area contributed by atoms with E-state index >= 15 is 0 Å². The highest BCUT2D eigenvalue weighted by Gasteiger charge is 2.25. The average Bonchev–Trinajstić information content (AvgIpc) is 2.07. The molecule has 0 aliphatic heterocycles. The van der Waals surface area contributed by atoms with Crippen LogP contribution in [0.2, 0.25) is 0 Å². The van der Waals surface area contributed by atoms with Gasteiger partial charge in [-0.2, -0.15) is 5.26 Å². The molecule has 2 rings (SSSR count). The van der Waals surface area contributed by atoms with Gasteiger partial charge >= 0.3 is 0 Å². The second kappa shape index (κ2) is 2.84. The molecule has 1 aliphatic rings. The van der Waals surface area contributed by atoms with Crippen LogP contribution >= 0.6 is 11.8 Å². The predicted octanol–water partition coefficient (Wildman–Crippen LogP) is 2.57. The van der Waals surface area contributed by atoms with Crippen molar-refractivity contribution in [2.45, 2.75) is 17.2 Å². The molecule has 0 amide bonds. The van der Waals surface area contributed by atoms with E-state index in [2.05, 4.69) is 30.5 Å². The van der Waals surface area contributed by atoms with Crippen molar-refractivity contribution in [3.63, 3.8) is 0 Å². The highest BCUT2D eigenvalue weighted by Crippen LogP contribution is 2.36. The average molecular weight is 175 g/mol. The number of hydrogen-bond donors (Lipinski definition) is 0. The lowest BCUT2D eigenvalue weighted by molar-refractivity contribution is 0.740. The van der Waals surface area contributed by atoms with Crippen LogP contribution in [0.4, 0.5) is 0 Å². The number of thioether (sulfide) groups is 1. The molecule has 0 heterocycles. The standard InChI is InChI=1S/C10H9NS/c1-12-9-2-3-10-7(5-9)4-8(10)6-11/h2-3,5,8H,4H2,1H3. The van der Waals surface area contributed by atoms with Crippen LogP contribution in [0.25, 0.3) is 0 Å². The Labute approximate surface area is 76.4 Å². The third-order valence-corrected chi connectivity index (χ3v) is 3.03. The van der Waals surface area contributed by atoms with E-state index in [-0.39, 0.29) is 5.92 Å². The number of rotatable bonds is 1. The summed E-state index contributed by atoms with van der Waals surface area (Å²) in [5.74, 6) is 0.163. The van der Waals surface area contributed by atoms with Crippen molar-refractivity contribution in [3.05, 3.63) is 29.3 Å². The number of fused-ring (bicyclic) bond motifs is 1. The van der Waals surface area contributed by atoms with Gasteiger partial charge in [0.1, 0.15) is 0 Å². The van der Waals surface area contributed by atoms with Gasteiger partial charge in [-0.15, -0.1) is 11.8 Å². The topological polar surface area (TPSA) is 23.8 Å². The molecule has 2 heteroatoms. The molecule has 1 aliphatic carbocycles. The highest BCUT2D eigenvalue weighted by molar-refractivity contribution is 7.98. The SMILES string of the molecule is CSc1ccc2c(c1)CC2C#N. The second-order valence-electron chi connectivity index (χ2n) is 2.95. The molecule has 0 aromatic heterocycles. The first kappa shape index (κ1) is 7.70. The van der Waals surface area contributed by atoms with Gasteiger partial charge in [-0.05, 0) is 35.9 Å². The summed E-state index contributed by atoms with van der Waals surface area (Å²) in [6, 6.07) is 8.65. The molecule has 1 unspecified atom stereocenters. The van der Waals surface area contributed by atoms with Crippen molar-refractivity contribution in [1.29, 1.82) is 5.26 Å². The number of benzene rings is 1. The van der Waals surface area contributed by atoms with Crippen LogP contribution in [-0.4, -0.2) is 6.26 Å². The normalized spacial score (nSPS) is 19.2. The fraction of sp³-hybridized carbons (Fsp3) is 0.300. The molecular formula is C10H9NS. The van der Waals surface area contributed by atoms with E-state index in [0.29, 0.717) is 0 Å². The minimum absolute atomic E-state index is 0.163. The maximum Gasteiger partial charge on any atom is 0.0755 e. The molecule has 1 aromatic carbocycles. The predicted molar refractivity (Wildman–Crippen MR) is 50.3 cm³/mol. The minimum Gasteiger partial charge on any atom is -0.198 e. The molecule has 0 saturated carbocycles. The van der Waals surface area contributed by atoms with E-state index in [1.54, 1.807) is 11.8 Å². The summed E-state index contributed by atoms with van der Waals surface area (Å²) in [7, 11) is 0. The molecule has 0 spiro atoms. The van der Waals surface area contributed by atoms with Crippen molar-refractivity contribution >= 4 is 11.8 Å². The van der Waals surface area contributed by atoms with Gasteiger partial charge in [0.15, 0.2) is 0 Å². The second-order valence-corrected chi connectivity index (χ2v) is 3.83. The highest BCUT2D eigenvalue weighted by atomic mass is 32.2. The molecule has 0 radical (unpaired) electrons. The lowest BCUT2D eigenvalue weighted by Crippen LogP contribution is -2.14. The van der Waals surface area contributed by atoms with Gasteiger partial charge in [-0.25, -0.2) is 0 Å². The van der Waals surface area contributed by atoms with Crippen LogP contribution in [0.5, 0.6) is 0 Å². The van der Waals surface area contributed by atoms with Gasteiger partial charge in [0.2, 0.25) is 0 Å². The van der Waals surface area contributed by atoms with E-state index in [1.807, 2.05) is 0 Å². The molecule has 1 nitrogen and oxygen atoms in total. The maximum atomic E-state index is 8.70. The fourth-order valence-electron chi connectivity index (χ4n) is 1.54. The van der Waals surface area contributed by atoms with Crippen molar-refractivity contribution in [2.75, 3.05) is 6.26 Å². The van der Waals surface area contributed by atoms with E-state index in [4.69, 9.17) is 5.26 Å². The molecule has 1 aromatic rings. The summed E-state index contributed by atoms with van der Waals surface area (Å²) in [5, 5.41) is 8.70. The molecular weight excluding hydrogens is 166 g/mol. The quantitative estimate of drug-likeness (QED) is 0.612. The molecule has 60 valence electrons. The summed E-state index contributed by atoms with van der Waals surface area (Å²) in [5.41, 5.74) is 2.59. The first-order chi connectivity index (χ1) is 5.85. The Balaban J connectivity index is 2.36. The molecule has 12 heavy (non-hydrogen) atoms. The Morgan fingerprint density at radius 3 is 3.00 bits per heavy atom. The van der Waals surface area contributed by atoms with Crippen LogP contribution in [0.1, 0.15) is 17.0 Å². The largest absolute Gasteiger partial charge is 0.198 e. The van der Waals surface area contributed by atoms with Crippen LogP contribution in [0.15, 0.2) is 23.1 Å². The van der Waals surface area contributed by atoms with Crippen molar-refractivity contribution < 1.29 is 0 Å². The fourth-order valence-corrected chi connectivity index (χ4v) is 2.00. The molecule has 0 bridgehead atoms. The van der Waals surface area contributed by atoms with Crippen molar-refractivity contribution in [3.8, 4) is 6.07 Å². The maximum absolute atomic E-state index is 8.70. The van der Waals surface area contributed by atoms with Gasteiger partial charge in [0.05, 0.1) is 12.0 Å². The summed E-state index contributed by atoms with van der Waals surface area (Å²) in [6.07, 6.45) is 3.02. The zero-order valence-corrected chi connectivity index (χ0v) is 7.69. The third kappa shape index (κ3) is 1.02. The third-order valence-electron chi connectivity index (χ3n) is 2.31. The Morgan fingerprint density at radius 1 is 1.58 bits per heavy atom. The van der Waals surface area contributed by atoms with E-state index in [0.717, 1.165) is 6.42 Å². The van der Waals surface area contributed by atoms with Gasteiger partial charge in [-0.1, -0.05) is 6.07 Å². The van der Waals surface area contributed by atoms with Gasteiger partial charge in [-0.3, -0.25) is 0 Å². The Morgan fingerprint density at radius 2 is 2.42 bits per heavy atom. The van der Waals surface area contributed by atoms with Crippen LogP contribution in [0, 0.1) is 11.3 Å². The van der Waals surface area contributed by atoms with E-state index in [9.17, 15) is 0 Å². The number of nitrogens with zero attached hydrogens (tertiary/aromatic N) is 1. The smallest absolute Gasteiger partial charge is 0.0755 e. The van der Waals surface area contributed by atoms with E-state index < -0.39 is 0 Å². The minimum atomic E-state index is 0.163. The van der Waals surface area contributed by atoms with Crippen LogP contribution < -0.4 is 0 Å². The van der Waals surface area contributed by atoms with Crippen molar-refractivity contribution in [1.82, 2.24) is 0 Å². The first-order valence-corrected chi connectivity index (χ1v) is 5.14.